The molecule has 5 rings (SSSR count). The summed E-state index contributed by atoms with van der Waals surface area (Å²) < 4.78 is 4.19. The Bertz CT molecular complexity index is 948. The molecule has 3 aromatic rings. The Labute approximate surface area is 140 Å². The number of rotatable bonds is 2. The molecule has 0 spiro atoms. The third-order valence-corrected chi connectivity index (χ3v) is 5.41. The van der Waals surface area contributed by atoms with Gasteiger partial charge >= 0.3 is 0 Å². The SMILES string of the molecule is Cc1nc2ncnn2c(N2CCc3c(nc(C4CC4)n3C)C2)c1C. The van der Waals surface area contributed by atoms with Crippen LogP contribution in [0, 0.1) is 13.8 Å². The van der Waals surface area contributed by atoms with Gasteiger partial charge in [0, 0.05) is 42.9 Å². The monoisotopic (exact) mass is 323 g/mol. The van der Waals surface area contributed by atoms with E-state index in [0.29, 0.717) is 11.7 Å². The fourth-order valence-electron chi connectivity index (χ4n) is 3.82. The number of nitrogens with zero attached hydrogens (tertiary/aromatic N) is 7. The summed E-state index contributed by atoms with van der Waals surface area (Å²) >= 11 is 0. The molecule has 0 aromatic carbocycles. The van der Waals surface area contributed by atoms with Gasteiger partial charge in [-0.25, -0.2) is 9.97 Å². The van der Waals surface area contributed by atoms with E-state index < -0.39 is 0 Å². The summed E-state index contributed by atoms with van der Waals surface area (Å²) in [5.74, 6) is 3.72. The van der Waals surface area contributed by atoms with Gasteiger partial charge in [0.2, 0.25) is 0 Å². The predicted octanol–water partition coefficient (Wildman–Crippen LogP) is 1.91. The minimum absolute atomic E-state index is 0.665. The summed E-state index contributed by atoms with van der Waals surface area (Å²) in [6.07, 6.45) is 5.17. The van der Waals surface area contributed by atoms with Crippen molar-refractivity contribution in [3.8, 4) is 0 Å². The van der Waals surface area contributed by atoms with Gasteiger partial charge in [0.25, 0.3) is 5.78 Å². The molecule has 1 saturated carbocycles. The second-order valence-corrected chi connectivity index (χ2v) is 6.99. The zero-order valence-corrected chi connectivity index (χ0v) is 14.3. The lowest BCUT2D eigenvalue weighted by Crippen LogP contribution is -2.33. The molecule has 7 heteroatoms. The van der Waals surface area contributed by atoms with E-state index in [1.807, 2.05) is 11.4 Å². The maximum atomic E-state index is 4.97. The van der Waals surface area contributed by atoms with Gasteiger partial charge in [-0.1, -0.05) is 0 Å². The Kier molecular flexibility index (Phi) is 2.78. The van der Waals surface area contributed by atoms with Gasteiger partial charge in [-0.15, -0.1) is 0 Å². The number of hydrogen-bond donors (Lipinski definition) is 0. The van der Waals surface area contributed by atoms with Crippen molar-refractivity contribution in [1.82, 2.24) is 29.1 Å². The highest BCUT2D eigenvalue weighted by molar-refractivity contribution is 5.55. The zero-order chi connectivity index (χ0) is 16.4. The number of aromatic nitrogens is 6. The summed E-state index contributed by atoms with van der Waals surface area (Å²) in [6, 6.07) is 0. The van der Waals surface area contributed by atoms with Crippen LogP contribution in [0.1, 0.15) is 47.2 Å². The van der Waals surface area contributed by atoms with Crippen molar-refractivity contribution >= 4 is 11.6 Å². The van der Waals surface area contributed by atoms with Crippen LogP contribution in [-0.4, -0.2) is 35.7 Å². The van der Waals surface area contributed by atoms with Crippen LogP contribution in [0.5, 0.6) is 0 Å². The molecular formula is C17H21N7. The summed E-state index contributed by atoms with van der Waals surface area (Å²) in [7, 11) is 2.17. The van der Waals surface area contributed by atoms with Gasteiger partial charge in [-0.05, 0) is 26.7 Å². The minimum Gasteiger partial charge on any atom is -0.350 e. The summed E-state index contributed by atoms with van der Waals surface area (Å²) in [4.78, 5) is 16.1. The van der Waals surface area contributed by atoms with Crippen molar-refractivity contribution in [3.63, 3.8) is 0 Å². The van der Waals surface area contributed by atoms with E-state index in [4.69, 9.17) is 4.98 Å². The predicted molar refractivity (Wildman–Crippen MR) is 90.2 cm³/mol. The second-order valence-electron chi connectivity index (χ2n) is 6.99. The average molecular weight is 323 g/mol. The van der Waals surface area contributed by atoms with Crippen LogP contribution < -0.4 is 4.90 Å². The molecule has 7 nitrogen and oxygen atoms in total. The second kappa shape index (κ2) is 4.78. The minimum atomic E-state index is 0.665. The first-order valence-corrected chi connectivity index (χ1v) is 8.59. The van der Waals surface area contributed by atoms with Crippen LogP contribution in [-0.2, 0) is 20.0 Å². The normalized spacial score (nSPS) is 17.5. The number of anilines is 1. The molecule has 24 heavy (non-hydrogen) atoms. The third kappa shape index (κ3) is 1.90. The molecule has 0 atom stereocenters. The van der Waals surface area contributed by atoms with Crippen molar-refractivity contribution in [2.45, 2.75) is 45.6 Å². The molecule has 1 aliphatic carbocycles. The smallest absolute Gasteiger partial charge is 0.254 e. The Morgan fingerprint density at radius 3 is 2.79 bits per heavy atom. The Morgan fingerprint density at radius 2 is 2.00 bits per heavy atom. The molecule has 2 aliphatic rings. The topological polar surface area (TPSA) is 64.1 Å². The molecule has 4 heterocycles. The molecule has 3 aromatic heterocycles. The third-order valence-electron chi connectivity index (χ3n) is 5.41. The summed E-state index contributed by atoms with van der Waals surface area (Å²) in [6.45, 7) is 5.95. The van der Waals surface area contributed by atoms with Crippen LogP contribution in [0.3, 0.4) is 0 Å². The first kappa shape index (κ1) is 13.9. The summed E-state index contributed by atoms with van der Waals surface area (Å²) in [5.41, 5.74) is 4.78. The van der Waals surface area contributed by atoms with Crippen LogP contribution >= 0.6 is 0 Å². The average Bonchev–Trinajstić information content (AvgIpc) is 3.23. The molecule has 0 amide bonds. The van der Waals surface area contributed by atoms with Crippen LogP contribution in [0.4, 0.5) is 5.82 Å². The lowest BCUT2D eigenvalue weighted by molar-refractivity contribution is 0.658. The van der Waals surface area contributed by atoms with Gasteiger partial charge in [0.05, 0.1) is 12.2 Å². The number of aryl methyl sites for hydroxylation is 1. The van der Waals surface area contributed by atoms with Gasteiger partial charge in [-0.3, -0.25) is 0 Å². The lowest BCUT2D eigenvalue weighted by Gasteiger charge is -2.30. The highest BCUT2D eigenvalue weighted by Crippen LogP contribution is 2.40. The fourth-order valence-corrected chi connectivity index (χ4v) is 3.82. The summed E-state index contributed by atoms with van der Waals surface area (Å²) in [5, 5.41) is 4.39. The van der Waals surface area contributed by atoms with Crippen molar-refractivity contribution in [1.29, 1.82) is 0 Å². The molecule has 1 fully saturated rings. The van der Waals surface area contributed by atoms with Crippen molar-refractivity contribution < 1.29 is 0 Å². The molecule has 0 bridgehead atoms. The van der Waals surface area contributed by atoms with E-state index in [9.17, 15) is 0 Å². The molecule has 124 valence electrons. The molecule has 0 saturated heterocycles. The van der Waals surface area contributed by atoms with Crippen molar-refractivity contribution in [2.24, 2.45) is 7.05 Å². The number of hydrogen-bond acceptors (Lipinski definition) is 5. The first-order chi connectivity index (χ1) is 11.6. The lowest BCUT2D eigenvalue weighted by atomic mass is 10.1. The Hall–Kier alpha value is -2.44. The maximum Gasteiger partial charge on any atom is 0.254 e. The van der Waals surface area contributed by atoms with E-state index in [1.54, 1.807) is 6.33 Å². The van der Waals surface area contributed by atoms with Gasteiger partial charge in [0.1, 0.15) is 18.0 Å². The molecule has 0 radical (unpaired) electrons. The maximum absolute atomic E-state index is 4.97. The quantitative estimate of drug-likeness (QED) is 0.721. The number of fused-ring (bicyclic) bond motifs is 2. The molecular weight excluding hydrogens is 302 g/mol. The molecule has 0 N–H and O–H groups in total. The Morgan fingerprint density at radius 1 is 1.17 bits per heavy atom. The van der Waals surface area contributed by atoms with Crippen molar-refractivity contribution in [2.75, 3.05) is 11.4 Å². The van der Waals surface area contributed by atoms with E-state index in [1.165, 1.54) is 30.1 Å². The van der Waals surface area contributed by atoms with E-state index in [2.05, 4.69) is 38.5 Å². The van der Waals surface area contributed by atoms with E-state index in [-0.39, 0.29) is 0 Å². The zero-order valence-electron chi connectivity index (χ0n) is 14.3. The Balaban J connectivity index is 1.59. The fraction of sp³-hybridized carbons (Fsp3) is 0.529. The largest absolute Gasteiger partial charge is 0.350 e. The standard InChI is InChI=1S/C17H21N7/c1-10-11(2)20-17-18-9-19-24(17)16(10)23-7-6-14-13(8-23)21-15(22(14)3)12-4-5-12/h9,12H,4-8H2,1-3H3. The number of imidazole rings is 1. The van der Waals surface area contributed by atoms with Crippen molar-refractivity contribution in [3.05, 3.63) is 34.8 Å². The highest BCUT2D eigenvalue weighted by Gasteiger charge is 2.32. The van der Waals surface area contributed by atoms with Crippen LogP contribution in [0.25, 0.3) is 5.78 Å². The van der Waals surface area contributed by atoms with Gasteiger partial charge in [0.15, 0.2) is 0 Å². The first-order valence-electron chi connectivity index (χ1n) is 8.59. The van der Waals surface area contributed by atoms with E-state index >= 15 is 0 Å². The van der Waals surface area contributed by atoms with Gasteiger partial charge < -0.3 is 9.47 Å². The van der Waals surface area contributed by atoms with Crippen LogP contribution in [0.15, 0.2) is 6.33 Å². The van der Waals surface area contributed by atoms with Gasteiger partial charge in [-0.2, -0.15) is 14.6 Å². The van der Waals surface area contributed by atoms with E-state index in [0.717, 1.165) is 36.6 Å². The van der Waals surface area contributed by atoms with Crippen LogP contribution in [0.2, 0.25) is 0 Å². The molecule has 0 unspecified atom stereocenters. The molecule has 1 aliphatic heterocycles. The highest BCUT2D eigenvalue weighted by atomic mass is 15.4.